The van der Waals surface area contributed by atoms with E-state index in [1.54, 1.807) is 18.2 Å². The maximum atomic E-state index is 14.4. The molecule has 1 unspecified atom stereocenters. The van der Waals surface area contributed by atoms with Crippen LogP contribution in [0.5, 0.6) is 0 Å². The minimum Gasteiger partial charge on any atom is -0.335 e. The van der Waals surface area contributed by atoms with Crippen molar-refractivity contribution in [3.63, 3.8) is 0 Å². The molecule has 0 bridgehead atoms. The maximum Gasteiger partial charge on any atom is 0.272 e. The fourth-order valence-corrected chi connectivity index (χ4v) is 4.23. The van der Waals surface area contributed by atoms with Crippen LogP contribution in [0.4, 0.5) is 4.39 Å². The Morgan fingerprint density at radius 3 is 2.78 bits per heavy atom. The number of rotatable bonds is 5. The molecule has 2 aliphatic heterocycles. The van der Waals surface area contributed by atoms with Gasteiger partial charge in [-0.25, -0.2) is 9.38 Å². The summed E-state index contributed by atoms with van der Waals surface area (Å²) in [5.41, 5.74) is 2.65. The second-order valence-corrected chi connectivity index (χ2v) is 9.25. The van der Waals surface area contributed by atoms with Gasteiger partial charge in [-0.15, -0.1) is 0 Å². The van der Waals surface area contributed by atoms with Crippen LogP contribution in [-0.4, -0.2) is 48.9 Å². The summed E-state index contributed by atoms with van der Waals surface area (Å²) in [5.74, 6) is 0.523. The molecule has 1 aromatic carbocycles. The van der Waals surface area contributed by atoms with Crippen LogP contribution in [-0.2, 0) is 4.79 Å². The highest BCUT2D eigenvalue weighted by Gasteiger charge is 2.28. The topological polar surface area (TPSA) is 35.9 Å². The molecule has 6 heteroatoms. The number of benzene rings is 1. The lowest BCUT2D eigenvalue weighted by Gasteiger charge is -2.32. The molecule has 0 N–H and O–H groups in total. The summed E-state index contributed by atoms with van der Waals surface area (Å²) >= 11 is 0. The van der Waals surface area contributed by atoms with Gasteiger partial charge in [0.15, 0.2) is 0 Å². The van der Waals surface area contributed by atoms with Gasteiger partial charge >= 0.3 is 0 Å². The molecule has 1 atom stereocenters. The minimum absolute atomic E-state index is 0.0380. The van der Waals surface area contributed by atoms with E-state index >= 15 is 0 Å². The summed E-state index contributed by atoms with van der Waals surface area (Å²) in [6, 6.07) is 4.75. The Bertz CT molecular complexity index is 979. The molecule has 168 valence electrons. The van der Waals surface area contributed by atoms with Crippen molar-refractivity contribution in [3.8, 4) is 0 Å². The third-order valence-corrected chi connectivity index (χ3v) is 6.11. The lowest BCUT2D eigenvalue weighted by atomic mass is 9.93. The van der Waals surface area contributed by atoms with E-state index in [1.807, 2.05) is 22.9 Å². The molecule has 2 radical (unpaired) electrons. The first-order chi connectivity index (χ1) is 15.2. The summed E-state index contributed by atoms with van der Waals surface area (Å²) in [7, 11) is 7.60. The highest BCUT2D eigenvalue weighted by molar-refractivity contribution is 6.43. The summed E-state index contributed by atoms with van der Waals surface area (Å²) in [5, 5.41) is 0. The molecule has 0 saturated carbocycles. The van der Waals surface area contributed by atoms with Gasteiger partial charge < -0.3 is 9.80 Å². The Balaban J connectivity index is 1.98. The standard InChI is InChI=1S/C26H33BFN3O/c1-17(2)13-21-16-24(26(32)31-12-8-6-7-9-19(31)4)29-25(30(21)5)14-18(3)22-11-10-20(27)15-23(22)28/h10-11,14-17,19H,3,6-9,12-13H2,1-2,4-5H3/b25-14-. The Morgan fingerprint density at radius 1 is 1.34 bits per heavy atom. The predicted molar refractivity (Wildman–Crippen MR) is 131 cm³/mol. The second kappa shape index (κ2) is 10.3. The summed E-state index contributed by atoms with van der Waals surface area (Å²) in [4.78, 5) is 22.1. The van der Waals surface area contributed by atoms with E-state index in [2.05, 4.69) is 27.4 Å². The molecule has 0 spiro atoms. The van der Waals surface area contributed by atoms with E-state index in [0.717, 1.165) is 44.3 Å². The van der Waals surface area contributed by atoms with Gasteiger partial charge in [0.25, 0.3) is 5.91 Å². The molecular weight excluding hydrogens is 400 g/mol. The Hall–Kier alpha value is -2.63. The highest BCUT2D eigenvalue weighted by atomic mass is 19.1. The summed E-state index contributed by atoms with van der Waals surface area (Å²) in [6.45, 7) is 11.2. The number of amides is 1. The van der Waals surface area contributed by atoms with Crippen molar-refractivity contribution in [3.05, 3.63) is 59.8 Å². The zero-order chi connectivity index (χ0) is 23.4. The van der Waals surface area contributed by atoms with Crippen LogP contribution in [0.25, 0.3) is 5.57 Å². The van der Waals surface area contributed by atoms with Gasteiger partial charge in [-0.05, 0) is 55.9 Å². The Labute approximate surface area is 193 Å². The first-order valence-corrected chi connectivity index (χ1v) is 11.5. The molecule has 1 aromatic rings. The first-order valence-electron chi connectivity index (χ1n) is 11.5. The number of hydrogen-bond acceptors (Lipinski definition) is 3. The fraction of sp³-hybridized carbons (Fsp3) is 0.462. The van der Waals surface area contributed by atoms with Gasteiger partial charge in [0.05, 0.1) is 0 Å². The van der Waals surface area contributed by atoms with Crippen LogP contribution in [0.2, 0.25) is 0 Å². The third-order valence-electron chi connectivity index (χ3n) is 6.11. The second-order valence-electron chi connectivity index (χ2n) is 9.25. The Morgan fingerprint density at radius 2 is 2.09 bits per heavy atom. The number of carbonyl (C=O) groups excluding carboxylic acids is 1. The van der Waals surface area contributed by atoms with E-state index in [0.29, 0.717) is 34.0 Å². The fourth-order valence-electron chi connectivity index (χ4n) is 4.23. The van der Waals surface area contributed by atoms with Gasteiger partial charge in [-0.2, -0.15) is 0 Å². The number of hydrogen-bond donors (Lipinski definition) is 0. The molecule has 2 aliphatic rings. The first kappa shape index (κ1) is 24.0. The quantitative estimate of drug-likeness (QED) is 0.638. The third kappa shape index (κ3) is 5.59. The van der Waals surface area contributed by atoms with E-state index in [4.69, 9.17) is 12.8 Å². The molecular formula is C26H33BFN3O. The van der Waals surface area contributed by atoms with Crippen molar-refractivity contribution in [2.24, 2.45) is 10.9 Å². The van der Waals surface area contributed by atoms with Crippen molar-refractivity contribution in [2.75, 3.05) is 13.6 Å². The van der Waals surface area contributed by atoms with Crippen LogP contribution in [0.1, 0.15) is 58.4 Å². The van der Waals surface area contributed by atoms with E-state index < -0.39 is 5.82 Å². The monoisotopic (exact) mass is 433 g/mol. The Kier molecular flexibility index (Phi) is 7.75. The zero-order valence-corrected chi connectivity index (χ0v) is 19.7. The average molecular weight is 433 g/mol. The van der Waals surface area contributed by atoms with Crippen LogP contribution in [0.15, 0.2) is 53.4 Å². The smallest absolute Gasteiger partial charge is 0.272 e. The number of nitrogens with zero attached hydrogens (tertiary/aromatic N) is 3. The number of aliphatic imine (C=N–C) groups is 1. The van der Waals surface area contributed by atoms with Crippen molar-refractivity contribution < 1.29 is 9.18 Å². The molecule has 1 saturated heterocycles. The lowest BCUT2D eigenvalue weighted by Crippen LogP contribution is -2.43. The van der Waals surface area contributed by atoms with Gasteiger partial charge in [-0.1, -0.05) is 50.9 Å². The number of likely N-dealkylation sites (tertiary alicyclic amines) is 1. The van der Waals surface area contributed by atoms with E-state index in [9.17, 15) is 9.18 Å². The molecule has 1 fully saturated rings. The predicted octanol–water partition coefficient (Wildman–Crippen LogP) is 4.58. The number of carbonyl (C=O) groups is 1. The van der Waals surface area contributed by atoms with Gasteiger partial charge in [0.2, 0.25) is 0 Å². The van der Waals surface area contributed by atoms with E-state index in [1.165, 1.54) is 6.07 Å². The largest absolute Gasteiger partial charge is 0.335 e. The minimum atomic E-state index is -0.429. The normalized spacial score (nSPS) is 20.8. The molecule has 0 aromatic heterocycles. The van der Waals surface area contributed by atoms with Crippen LogP contribution in [0, 0.1) is 11.7 Å². The van der Waals surface area contributed by atoms with Crippen molar-refractivity contribution in [1.29, 1.82) is 0 Å². The maximum absolute atomic E-state index is 14.4. The molecule has 2 heterocycles. The van der Waals surface area contributed by atoms with Gasteiger partial charge in [-0.3, -0.25) is 4.79 Å². The molecule has 32 heavy (non-hydrogen) atoms. The van der Waals surface area contributed by atoms with Crippen molar-refractivity contribution in [2.45, 2.75) is 58.9 Å². The number of halogens is 1. The number of allylic oxidation sites excluding steroid dienone is 3. The van der Waals surface area contributed by atoms with Crippen LogP contribution < -0.4 is 5.46 Å². The molecule has 3 rings (SSSR count). The van der Waals surface area contributed by atoms with Crippen LogP contribution in [0.3, 0.4) is 0 Å². The van der Waals surface area contributed by atoms with Gasteiger partial charge in [0, 0.05) is 30.9 Å². The molecule has 0 aliphatic carbocycles. The SMILES string of the molecule is [B]c1ccc(C(=C)/C=C2/N=C(C(=O)N3CCCCCC3C)C=C(CC(C)C)N2C)c(F)c1. The lowest BCUT2D eigenvalue weighted by molar-refractivity contribution is -0.125. The molecule has 1 amide bonds. The summed E-state index contributed by atoms with van der Waals surface area (Å²) in [6.07, 6.45) is 8.77. The highest BCUT2D eigenvalue weighted by Crippen LogP contribution is 2.28. The van der Waals surface area contributed by atoms with Crippen LogP contribution >= 0.6 is 0 Å². The summed E-state index contributed by atoms with van der Waals surface area (Å²) < 4.78 is 14.4. The van der Waals surface area contributed by atoms with E-state index in [-0.39, 0.29) is 11.9 Å². The van der Waals surface area contributed by atoms with Crippen molar-refractivity contribution >= 4 is 30.5 Å². The average Bonchev–Trinajstić information content (AvgIpc) is 2.94. The van der Waals surface area contributed by atoms with Gasteiger partial charge in [0.1, 0.15) is 25.2 Å². The molecule has 4 nitrogen and oxygen atoms in total. The van der Waals surface area contributed by atoms with Crippen molar-refractivity contribution in [1.82, 2.24) is 9.80 Å². The zero-order valence-electron chi connectivity index (χ0n) is 19.7.